The van der Waals surface area contributed by atoms with Crippen molar-refractivity contribution in [1.29, 1.82) is 0 Å². The second-order valence-electron chi connectivity index (χ2n) is 7.74. The molecule has 0 unspecified atom stereocenters. The van der Waals surface area contributed by atoms with Crippen LogP contribution in [0.25, 0.3) is 11.4 Å². The largest absolute Gasteiger partial charge is 0.383 e. The molecule has 1 heterocycles. The highest BCUT2D eigenvalue weighted by molar-refractivity contribution is 7.99. The van der Waals surface area contributed by atoms with E-state index in [1.807, 2.05) is 72.2 Å². The molecule has 0 aliphatic carbocycles. The van der Waals surface area contributed by atoms with Gasteiger partial charge in [0.1, 0.15) is 0 Å². The quantitative estimate of drug-likeness (QED) is 0.218. The van der Waals surface area contributed by atoms with Crippen LogP contribution in [0, 0.1) is 6.92 Å². The van der Waals surface area contributed by atoms with E-state index in [0.717, 1.165) is 22.6 Å². The van der Waals surface area contributed by atoms with Crippen LogP contribution in [-0.4, -0.2) is 40.1 Å². The van der Waals surface area contributed by atoms with Crippen LogP contribution in [0.15, 0.2) is 94.2 Å². The molecule has 0 aliphatic heterocycles. The summed E-state index contributed by atoms with van der Waals surface area (Å²) in [6.45, 7) is 3.15. The minimum absolute atomic E-state index is 0.132. The van der Waals surface area contributed by atoms with Gasteiger partial charge >= 0.3 is 0 Å². The van der Waals surface area contributed by atoms with E-state index in [1.165, 1.54) is 11.8 Å². The predicted octanol–water partition coefficient (Wildman–Crippen LogP) is 6.05. The summed E-state index contributed by atoms with van der Waals surface area (Å²) in [4.78, 5) is 12.6. The first kappa shape index (κ1) is 24.3. The van der Waals surface area contributed by atoms with Gasteiger partial charge in [-0.2, -0.15) is 10.2 Å². The van der Waals surface area contributed by atoms with Gasteiger partial charge in [-0.1, -0.05) is 53.7 Å². The van der Waals surface area contributed by atoms with E-state index in [4.69, 9.17) is 4.74 Å². The molecule has 0 bridgehead atoms. The number of hydrogen-bond acceptors (Lipinski definition) is 7. The summed E-state index contributed by atoms with van der Waals surface area (Å²) in [5.41, 5.74) is 4.30. The summed E-state index contributed by atoms with van der Waals surface area (Å²) in [7, 11) is 1.66. The van der Waals surface area contributed by atoms with Gasteiger partial charge in [-0.15, -0.1) is 10.2 Å². The first-order valence-corrected chi connectivity index (χ1v) is 12.1. The lowest BCUT2D eigenvalue weighted by Crippen LogP contribution is -2.15. The zero-order valence-corrected chi connectivity index (χ0v) is 20.4. The smallest absolute Gasteiger partial charge is 0.234 e. The maximum Gasteiger partial charge on any atom is 0.234 e. The second-order valence-corrected chi connectivity index (χ2v) is 8.68. The number of aromatic nitrogens is 3. The van der Waals surface area contributed by atoms with Gasteiger partial charge in [0.05, 0.1) is 30.3 Å². The number of amides is 1. The minimum atomic E-state index is -0.132. The molecule has 0 fully saturated rings. The fraction of sp³-hybridized carbons (Fsp3) is 0.192. The highest BCUT2D eigenvalue weighted by Gasteiger charge is 2.16. The van der Waals surface area contributed by atoms with E-state index in [0.29, 0.717) is 29.7 Å². The third-order valence-corrected chi connectivity index (χ3v) is 6.00. The minimum Gasteiger partial charge on any atom is -0.383 e. The number of thioether (sulfide) groups is 1. The maximum absolute atomic E-state index is 12.6. The Balaban J connectivity index is 1.37. The molecule has 1 N–H and O–H groups in total. The molecule has 0 saturated carbocycles. The third-order valence-electron chi connectivity index (χ3n) is 5.03. The fourth-order valence-electron chi connectivity index (χ4n) is 3.33. The lowest BCUT2D eigenvalue weighted by molar-refractivity contribution is -0.113. The Labute approximate surface area is 208 Å². The number of methoxy groups -OCH3 is 1. The molecule has 0 aliphatic rings. The van der Waals surface area contributed by atoms with Gasteiger partial charge in [-0.05, 0) is 49.4 Å². The summed E-state index contributed by atoms with van der Waals surface area (Å²) in [6.07, 6.45) is 0. The Hall–Kier alpha value is -3.82. The van der Waals surface area contributed by atoms with Gasteiger partial charge in [0, 0.05) is 18.4 Å². The summed E-state index contributed by atoms with van der Waals surface area (Å²) in [6, 6.07) is 24.9. The van der Waals surface area contributed by atoms with Gasteiger partial charge in [0.15, 0.2) is 11.0 Å². The van der Waals surface area contributed by atoms with Gasteiger partial charge in [0.25, 0.3) is 0 Å². The first-order chi connectivity index (χ1) is 17.1. The molecule has 4 aromatic rings. The normalized spacial score (nSPS) is 11.1. The fourth-order valence-corrected chi connectivity index (χ4v) is 4.09. The highest BCUT2D eigenvalue weighted by Crippen LogP contribution is 2.25. The van der Waals surface area contributed by atoms with Crippen molar-refractivity contribution in [3.8, 4) is 11.4 Å². The van der Waals surface area contributed by atoms with Gasteiger partial charge < -0.3 is 10.1 Å². The number of hydrogen-bond donors (Lipinski definition) is 1. The van der Waals surface area contributed by atoms with Crippen molar-refractivity contribution in [2.24, 2.45) is 10.2 Å². The van der Waals surface area contributed by atoms with Crippen LogP contribution in [0.1, 0.15) is 5.56 Å². The molecule has 0 spiro atoms. The zero-order valence-electron chi connectivity index (χ0n) is 19.6. The van der Waals surface area contributed by atoms with E-state index >= 15 is 0 Å². The molecule has 178 valence electrons. The molecule has 3 aromatic carbocycles. The molecule has 4 rings (SSSR count). The Morgan fingerprint density at radius 2 is 1.71 bits per heavy atom. The van der Waals surface area contributed by atoms with E-state index in [2.05, 4.69) is 31.8 Å². The van der Waals surface area contributed by atoms with E-state index < -0.39 is 0 Å². The Bertz CT molecular complexity index is 1290. The SMILES string of the molecule is COCCn1c(SCC(=O)Nc2ccc(N=Nc3ccccc3)cc2)nnc1-c1cccc(C)c1. The average molecular weight is 487 g/mol. The molecule has 9 heteroatoms. The highest BCUT2D eigenvalue weighted by atomic mass is 32.2. The molecular weight excluding hydrogens is 460 g/mol. The van der Waals surface area contributed by atoms with Crippen LogP contribution in [0.4, 0.5) is 17.1 Å². The van der Waals surface area contributed by atoms with Gasteiger partial charge in [0.2, 0.25) is 5.91 Å². The second kappa shape index (κ2) is 12.0. The van der Waals surface area contributed by atoms with Crippen molar-refractivity contribution in [3.63, 3.8) is 0 Å². The van der Waals surface area contributed by atoms with Gasteiger partial charge in [-0.25, -0.2) is 0 Å². The Morgan fingerprint density at radius 1 is 0.971 bits per heavy atom. The molecule has 0 atom stereocenters. The topological polar surface area (TPSA) is 93.8 Å². The molecule has 0 radical (unpaired) electrons. The van der Waals surface area contributed by atoms with E-state index in [9.17, 15) is 4.79 Å². The monoisotopic (exact) mass is 486 g/mol. The van der Waals surface area contributed by atoms with E-state index in [-0.39, 0.29) is 11.7 Å². The standard InChI is InChI=1S/C26H26N6O2S/c1-19-7-6-8-20(17-19)25-30-31-26(32(25)15-16-34-2)35-18-24(33)27-21-11-13-23(14-12-21)29-28-22-9-4-3-5-10-22/h3-14,17H,15-16,18H2,1-2H3,(H,27,33). The van der Waals surface area contributed by atoms with Crippen LogP contribution >= 0.6 is 11.8 Å². The molecule has 1 aromatic heterocycles. The van der Waals surface area contributed by atoms with Crippen molar-refractivity contribution in [1.82, 2.24) is 14.8 Å². The lowest BCUT2D eigenvalue weighted by atomic mass is 10.1. The third kappa shape index (κ3) is 6.84. The number of carbonyl (C=O) groups is 1. The first-order valence-electron chi connectivity index (χ1n) is 11.1. The maximum atomic E-state index is 12.6. The number of rotatable bonds is 10. The molecule has 8 nitrogen and oxygen atoms in total. The summed E-state index contributed by atoms with van der Waals surface area (Å²) >= 11 is 1.34. The number of nitrogens with one attached hydrogen (secondary N) is 1. The number of anilines is 1. The molecule has 1 amide bonds. The summed E-state index contributed by atoms with van der Waals surface area (Å²) in [5, 5.41) is 20.7. The van der Waals surface area contributed by atoms with Crippen molar-refractivity contribution in [2.45, 2.75) is 18.6 Å². The zero-order chi connectivity index (χ0) is 24.5. The molecule has 0 saturated heterocycles. The number of ether oxygens (including phenoxy) is 1. The summed E-state index contributed by atoms with van der Waals surface area (Å²) < 4.78 is 7.25. The van der Waals surface area contributed by atoms with Crippen LogP contribution < -0.4 is 5.32 Å². The number of carbonyl (C=O) groups excluding carboxylic acids is 1. The lowest BCUT2D eigenvalue weighted by Gasteiger charge is -2.10. The number of nitrogens with zero attached hydrogens (tertiary/aromatic N) is 5. The number of azo groups is 1. The van der Waals surface area contributed by atoms with Crippen LogP contribution in [0.2, 0.25) is 0 Å². The van der Waals surface area contributed by atoms with Crippen LogP contribution in [0.5, 0.6) is 0 Å². The predicted molar refractivity (Wildman–Crippen MR) is 138 cm³/mol. The average Bonchev–Trinajstić information content (AvgIpc) is 3.29. The van der Waals surface area contributed by atoms with Crippen molar-refractivity contribution in [2.75, 3.05) is 24.8 Å². The van der Waals surface area contributed by atoms with Crippen LogP contribution in [0.3, 0.4) is 0 Å². The molecular formula is C26H26N6O2S. The summed E-state index contributed by atoms with van der Waals surface area (Å²) in [5.74, 6) is 0.829. The number of benzene rings is 3. The van der Waals surface area contributed by atoms with Crippen molar-refractivity contribution < 1.29 is 9.53 Å². The van der Waals surface area contributed by atoms with Crippen LogP contribution in [-0.2, 0) is 16.1 Å². The Morgan fingerprint density at radius 3 is 2.43 bits per heavy atom. The van der Waals surface area contributed by atoms with Crippen molar-refractivity contribution in [3.05, 3.63) is 84.4 Å². The number of aryl methyl sites for hydroxylation is 1. The Kier molecular flexibility index (Phi) is 8.37. The molecule has 35 heavy (non-hydrogen) atoms. The van der Waals surface area contributed by atoms with Gasteiger partial charge in [-0.3, -0.25) is 9.36 Å². The van der Waals surface area contributed by atoms with Crippen molar-refractivity contribution >= 4 is 34.7 Å². The van der Waals surface area contributed by atoms with E-state index in [1.54, 1.807) is 19.2 Å².